The molecule has 3 nitrogen and oxygen atoms in total. The van der Waals surface area contributed by atoms with Gasteiger partial charge in [0, 0.05) is 11.6 Å². The zero-order valence-corrected chi connectivity index (χ0v) is 9.15. The Kier molecular flexibility index (Phi) is 3.12. The molecule has 0 aliphatic carbocycles. The molecule has 0 atom stereocenters. The fourth-order valence-electron chi connectivity index (χ4n) is 1.24. The van der Waals surface area contributed by atoms with Gasteiger partial charge in [0.25, 0.3) is 0 Å². The minimum atomic E-state index is -0.228. The average molecular weight is 231 g/mol. The van der Waals surface area contributed by atoms with Crippen LogP contribution in [0, 0.1) is 0 Å². The van der Waals surface area contributed by atoms with E-state index in [0.717, 1.165) is 5.01 Å². The Balaban J connectivity index is 2.18. The lowest BCUT2D eigenvalue weighted by Crippen LogP contribution is -1.93. The SMILES string of the molecule is O=C(C=Cc1nccs1)c1ccccc1O. The number of rotatable bonds is 3. The Hall–Kier alpha value is -1.94. The quantitative estimate of drug-likeness (QED) is 0.652. The van der Waals surface area contributed by atoms with E-state index in [1.54, 1.807) is 30.5 Å². The van der Waals surface area contributed by atoms with Gasteiger partial charge < -0.3 is 5.11 Å². The highest BCUT2D eigenvalue weighted by Crippen LogP contribution is 2.17. The molecule has 0 aliphatic rings. The molecule has 1 aromatic heterocycles. The number of aromatic nitrogens is 1. The average Bonchev–Trinajstić information content (AvgIpc) is 2.79. The molecule has 0 amide bonds. The van der Waals surface area contributed by atoms with Crippen molar-refractivity contribution in [1.82, 2.24) is 4.98 Å². The van der Waals surface area contributed by atoms with Crippen LogP contribution in [-0.2, 0) is 0 Å². The monoisotopic (exact) mass is 231 g/mol. The fourth-order valence-corrected chi connectivity index (χ4v) is 1.77. The number of para-hydroxylation sites is 1. The number of phenols is 1. The highest BCUT2D eigenvalue weighted by molar-refractivity contribution is 7.10. The number of phenolic OH excluding ortho intramolecular Hbond substituents is 1. The summed E-state index contributed by atoms with van der Waals surface area (Å²) >= 11 is 1.45. The van der Waals surface area contributed by atoms with Crippen LogP contribution < -0.4 is 0 Å². The van der Waals surface area contributed by atoms with Crippen LogP contribution in [-0.4, -0.2) is 15.9 Å². The van der Waals surface area contributed by atoms with Gasteiger partial charge in [0.05, 0.1) is 5.56 Å². The molecule has 0 saturated heterocycles. The molecule has 0 fully saturated rings. The topological polar surface area (TPSA) is 50.2 Å². The third kappa shape index (κ3) is 2.35. The lowest BCUT2D eigenvalue weighted by atomic mass is 10.1. The number of ketones is 1. The summed E-state index contributed by atoms with van der Waals surface area (Å²) in [6.45, 7) is 0. The number of hydrogen-bond donors (Lipinski definition) is 1. The molecule has 0 unspecified atom stereocenters. The Morgan fingerprint density at radius 1 is 1.38 bits per heavy atom. The third-order valence-corrected chi connectivity index (χ3v) is 2.74. The lowest BCUT2D eigenvalue weighted by molar-refractivity contribution is 0.104. The first kappa shape index (κ1) is 10.6. The van der Waals surface area contributed by atoms with E-state index in [2.05, 4.69) is 4.98 Å². The van der Waals surface area contributed by atoms with Crippen LogP contribution in [0.15, 0.2) is 41.9 Å². The third-order valence-electron chi connectivity index (χ3n) is 2.00. The number of hydrogen-bond acceptors (Lipinski definition) is 4. The first-order valence-corrected chi connectivity index (χ1v) is 5.55. The van der Waals surface area contributed by atoms with Gasteiger partial charge >= 0.3 is 0 Å². The Morgan fingerprint density at radius 2 is 2.19 bits per heavy atom. The molecule has 16 heavy (non-hydrogen) atoms. The van der Waals surface area contributed by atoms with Gasteiger partial charge in [0.2, 0.25) is 0 Å². The lowest BCUT2D eigenvalue weighted by Gasteiger charge is -1.98. The summed E-state index contributed by atoms with van der Waals surface area (Å²) in [6, 6.07) is 6.47. The molecule has 1 N–H and O–H groups in total. The van der Waals surface area contributed by atoms with Gasteiger partial charge in [0.1, 0.15) is 10.8 Å². The Bertz CT molecular complexity index is 518. The van der Waals surface area contributed by atoms with Crippen molar-refractivity contribution < 1.29 is 9.90 Å². The van der Waals surface area contributed by atoms with Crippen LogP contribution in [0.2, 0.25) is 0 Å². The van der Waals surface area contributed by atoms with E-state index < -0.39 is 0 Å². The Morgan fingerprint density at radius 3 is 2.88 bits per heavy atom. The van der Waals surface area contributed by atoms with Crippen LogP contribution in [0.25, 0.3) is 6.08 Å². The smallest absolute Gasteiger partial charge is 0.189 e. The van der Waals surface area contributed by atoms with Crippen LogP contribution in [0.5, 0.6) is 5.75 Å². The van der Waals surface area contributed by atoms with Crippen molar-refractivity contribution >= 4 is 23.2 Å². The molecular weight excluding hydrogens is 222 g/mol. The number of benzene rings is 1. The minimum Gasteiger partial charge on any atom is -0.507 e. The number of carbonyl (C=O) groups excluding carboxylic acids is 1. The van der Waals surface area contributed by atoms with Gasteiger partial charge in [-0.05, 0) is 24.3 Å². The molecule has 2 aromatic rings. The first-order chi connectivity index (χ1) is 7.77. The molecule has 2 rings (SSSR count). The standard InChI is InChI=1S/C12H9NO2S/c14-10-4-2-1-3-9(10)11(15)5-6-12-13-7-8-16-12/h1-8,14H. The molecule has 0 radical (unpaired) electrons. The maximum Gasteiger partial charge on any atom is 0.189 e. The number of allylic oxidation sites excluding steroid dienone is 1. The van der Waals surface area contributed by atoms with Crippen LogP contribution in [0.3, 0.4) is 0 Å². The molecular formula is C12H9NO2S. The number of thiazole rings is 1. The predicted molar refractivity (Wildman–Crippen MR) is 63.6 cm³/mol. The summed E-state index contributed by atoms with van der Waals surface area (Å²) in [5, 5.41) is 12.1. The minimum absolute atomic E-state index is 0.00344. The van der Waals surface area contributed by atoms with Gasteiger partial charge in [-0.3, -0.25) is 4.79 Å². The van der Waals surface area contributed by atoms with Gasteiger partial charge in [-0.2, -0.15) is 0 Å². The zero-order valence-electron chi connectivity index (χ0n) is 8.33. The van der Waals surface area contributed by atoms with E-state index in [-0.39, 0.29) is 11.5 Å². The van der Waals surface area contributed by atoms with E-state index in [4.69, 9.17) is 0 Å². The summed E-state index contributed by atoms with van der Waals surface area (Å²) in [6.07, 6.45) is 4.72. The zero-order chi connectivity index (χ0) is 11.4. The second-order valence-corrected chi connectivity index (χ2v) is 4.01. The number of nitrogens with zero attached hydrogens (tertiary/aromatic N) is 1. The van der Waals surface area contributed by atoms with E-state index >= 15 is 0 Å². The van der Waals surface area contributed by atoms with E-state index in [1.807, 2.05) is 5.38 Å². The molecule has 0 spiro atoms. The number of carbonyl (C=O) groups is 1. The second-order valence-electron chi connectivity index (χ2n) is 3.09. The summed E-state index contributed by atoms with van der Waals surface area (Å²) in [4.78, 5) is 15.7. The largest absolute Gasteiger partial charge is 0.507 e. The van der Waals surface area contributed by atoms with Gasteiger partial charge in [-0.15, -0.1) is 11.3 Å². The van der Waals surface area contributed by atoms with Crippen molar-refractivity contribution in [2.24, 2.45) is 0 Å². The fraction of sp³-hybridized carbons (Fsp3) is 0. The summed E-state index contributed by atoms with van der Waals surface area (Å²) in [5.74, 6) is -0.232. The second kappa shape index (κ2) is 4.72. The molecule has 80 valence electrons. The first-order valence-electron chi connectivity index (χ1n) is 4.67. The van der Waals surface area contributed by atoms with Crippen LogP contribution in [0.1, 0.15) is 15.4 Å². The van der Waals surface area contributed by atoms with Crippen LogP contribution >= 0.6 is 11.3 Å². The maximum atomic E-state index is 11.7. The highest BCUT2D eigenvalue weighted by Gasteiger charge is 2.06. The van der Waals surface area contributed by atoms with Crippen molar-refractivity contribution in [2.75, 3.05) is 0 Å². The van der Waals surface area contributed by atoms with Gasteiger partial charge in [-0.25, -0.2) is 4.98 Å². The molecule has 0 saturated carbocycles. The van der Waals surface area contributed by atoms with E-state index in [0.29, 0.717) is 5.56 Å². The van der Waals surface area contributed by atoms with Gasteiger partial charge in [0.15, 0.2) is 5.78 Å². The van der Waals surface area contributed by atoms with Crippen molar-refractivity contribution in [1.29, 1.82) is 0 Å². The van der Waals surface area contributed by atoms with Crippen LogP contribution in [0.4, 0.5) is 0 Å². The summed E-state index contributed by atoms with van der Waals surface area (Å²) in [7, 11) is 0. The molecule has 0 aliphatic heterocycles. The summed E-state index contributed by atoms with van der Waals surface area (Å²) in [5.41, 5.74) is 0.301. The van der Waals surface area contributed by atoms with Crippen molar-refractivity contribution in [3.63, 3.8) is 0 Å². The normalized spacial score (nSPS) is 10.8. The van der Waals surface area contributed by atoms with E-state index in [1.165, 1.54) is 23.5 Å². The molecule has 1 aromatic carbocycles. The van der Waals surface area contributed by atoms with Crippen molar-refractivity contribution in [2.45, 2.75) is 0 Å². The molecule has 1 heterocycles. The van der Waals surface area contributed by atoms with Gasteiger partial charge in [-0.1, -0.05) is 12.1 Å². The maximum absolute atomic E-state index is 11.7. The highest BCUT2D eigenvalue weighted by atomic mass is 32.1. The Labute approximate surface area is 96.7 Å². The van der Waals surface area contributed by atoms with Crippen molar-refractivity contribution in [3.05, 3.63) is 52.5 Å². The molecule has 4 heteroatoms. The van der Waals surface area contributed by atoms with Crippen molar-refractivity contribution in [3.8, 4) is 5.75 Å². The summed E-state index contributed by atoms with van der Waals surface area (Å²) < 4.78 is 0. The van der Waals surface area contributed by atoms with E-state index in [9.17, 15) is 9.90 Å². The number of aromatic hydroxyl groups is 1. The molecule has 0 bridgehead atoms. The predicted octanol–water partition coefficient (Wildman–Crippen LogP) is 2.74.